The highest BCUT2D eigenvalue weighted by Crippen LogP contribution is 2.43. The molecule has 106 valence electrons. The third-order valence-corrected chi connectivity index (χ3v) is 5.94. The van der Waals surface area contributed by atoms with Gasteiger partial charge in [0.05, 0.1) is 16.0 Å². The molecule has 1 aromatic heterocycles. The molecule has 1 aliphatic heterocycles. The molecule has 3 rings (SSSR count). The molecule has 1 saturated heterocycles. The van der Waals surface area contributed by atoms with Crippen LogP contribution in [0.2, 0.25) is 4.34 Å². The van der Waals surface area contributed by atoms with E-state index in [1.165, 1.54) is 43.4 Å². The van der Waals surface area contributed by atoms with Gasteiger partial charge in [-0.2, -0.15) is 0 Å². The normalized spacial score (nSPS) is 27.2. The first-order valence-corrected chi connectivity index (χ1v) is 8.53. The van der Waals surface area contributed by atoms with Crippen molar-refractivity contribution in [2.24, 2.45) is 0 Å². The van der Waals surface area contributed by atoms with Crippen LogP contribution in [0.5, 0.6) is 0 Å². The predicted octanol–water partition coefficient (Wildman–Crippen LogP) is 4.54. The minimum absolute atomic E-state index is 0.252. The molecule has 1 aliphatic carbocycles. The largest absolute Gasteiger partial charge is 0.370 e. The zero-order chi connectivity index (χ0) is 13.3. The topological polar surface area (TPSA) is 21.3 Å². The molecule has 1 N–H and O–H groups in total. The first-order valence-electron chi connectivity index (χ1n) is 7.33. The summed E-state index contributed by atoms with van der Waals surface area (Å²) in [5.41, 5.74) is 0.252. The van der Waals surface area contributed by atoms with E-state index in [-0.39, 0.29) is 5.60 Å². The van der Waals surface area contributed by atoms with Crippen LogP contribution >= 0.6 is 22.9 Å². The predicted molar refractivity (Wildman–Crippen MR) is 81.1 cm³/mol. The van der Waals surface area contributed by atoms with Gasteiger partial charge in [0.2, 0.25) is 0 Å². The van der Waals surface area contributed by atoms with Gasteiger partial charge < -0.3 is 10.1 Å². The van der Waals surface area contributed by atoms with Crippen molar-refractivity contribution in [2.45, 2.75) is 63.2 Å². The number of halogens is 1. The Morgan fingerprint density at radius 3 is 2.89 bits per heavy atom. The van der Waals surface area contributed by atoms with Gasteiger partial charge in [-0.25, -0.2) is 0 Å². The molecule has 0 bridgehead atoms. The molecular weight excluding hydrogens is 278 g/mol. The smallest absolute Gasteiger partial charge is 0.0931 e. The Morgan fingerprint density at radius 1 is 1.42 bits per heavy atom. The number of rotatable bonds is 4. The quantitative estimate of drug-likeness (QED) is 0.881. The van der Waals surface area contributed by atoms with E-state index >= 15 is 0 Å². The van der Waals surface area contributed by atoms with Crippen LogP contribution in [0.3, 0.4) is 0 Å². The molecule has 1 spiro atoms. The van der Waals surface area contributed by atoms with E-state index in [1.807, 2.05) is 6.07 Å². The number of ether oxygens (including phenoxy) is 1. The highest BCUT2D eigenvalue weighted by Gasteiger charge is 2.41. The third kappa shape index (κ3) is 3.15. The maximum Gasteiger partial charge on any atom is 0.0931 e. The summed E-state index contributed by atoms with van der Waals surface area (Å²) in [6.07, 6.45) is 8.13. The molecule has 2 fully saturated rings. The average molecular weight is 300 g/mol. The van der Waals surface area contributed by atoms with Crippen molar-refractivity contribution >= 4 is 22.9 Å². The van der Waals surface area contributed by atoms with Gasteiger partial charge in [0.1, 0.15) is 0 Å². The Kier molecular flexibility index (Phi) is 4.18. The molecule has 2 heterocycles. The summed E-state index contributed by atoms with van der Waals surface area (Å²) in [5.74, 6) is 0. The Bertz CT molecular complexity index is 428. The van der Waals surface area contributed by atoms with E-state index in [0.717, 1.165) is 10.9 Å². The van der Waals surface area contributed by atoms with Gasteiger partial charge in [-0.15, -0.1) is 11.3 Å². The van der Waals surface area contributed by atoms with Crippen molar-refractivity contribution in [1.82, 2.24) is 5.32 Å². The standard InChI is InChI=1S/C15H22ClNOS/c1-11(13-4-5-14(16)19-13)17-10-12-6-9-15(18-12)7-2-3-8-15/h4-5,11-12,17H,2-3,6-10H2,1H3. The van der Waals surface area contributed by atoms with Gasteiger partial charge in [0, 0.05) is 17.5 Å². The van der Waals surface area contributed by atoms with E-state index < -0.39 is 0 Å². The minimum Gasteiger partial charge on any atom is -0.370 e. The van der Waals surface area contributed by atoms with E-state index in [2.05, 4.69) is 18.3 Å². The van der Waals surface area contributed by atoms with Gasteiger partial charge in [-0.1, -0.05) is 24.4 Å². The van der Waals surface area contributed by atoms with Gasteiger partial charge >= 0.3 is 0 Å². The van der Waals surface area contributed by atoms with Crippen molar-refractivity contribution in [1.29, 1.82) is 0 Å². The van der Waals surface area contributed by atoms with Crippen LogP contribution in [-0.2, 0) is 4.74 Å². The summed E-state index contributed by atoms with van der Waals surface area (Å²) in [6.45, 7) is 3.15. The van der Waals surface area contributed by atoms with Crippen molar-refractivity contribution in [3.8, 4) is 0 Å². The fourth-order valence-corrected chi connectivity index (χ4v) is 4.48. The van der Waals surface area contributed by atoms with Crippen LogP contribution in [0.25, 0.3) is 0 Å². The third-order valence-electron chi connectivity index (χ3n) is 4.53. The van der Waals surface area contributed by atoms with Crippen LogP contribution in [0.15, 0.2) is 12.1 Å². The summed E-state index contributed by atoms with van der Waals surface area (Å²) >= 11 is 7.64. The Balaban J connectivity index is 1.48. The highest BCUT2D eigenvalue weighted by molar-refractivity contribution is 7.16. The Labute approximate surface area is 124 Å². The first-order chi connectivity index (χ1) is 9.17. The maximum absolute atomic E-state index is 6.32. The molecule has 0 amide bonds. The molecule has 2 nitrogen and oxygen atoms in total. The lowest BCUT2D eigenvalue weighted by Gasteiger charge is -2.24. The summed E-state index contributed by atoms with van der Waals surface area (Å²) in [6, 6.07) is 4.44. The van der Waals surface area contributed by atoms with Gasteiger partial charge in [0.25, 0.3) is 0 Å². The minimum atomic E-state index is 0.252. The van der Waals surface area contributed by atoms with Gasteiger partial charge in [-0.3, -0.25) is 0 Å². The molecule has 4 heteroatoms. The Morgan fingerprint density at radius 2 is 2.21 bits per heavy atom. The lowest BCUT2D eigenvalue weighted by molar-refractivity contribution is -0.0357. The lowest BCUT2D eigenvalue weighted by Crippen LogP contribution is -2.32. The molecular formula is C15H22ClNOS. The molecule has 2 unspecified atom stereocenters. The van der Waals surface area contributed by atoms with Crippen molar-refractivity contribution in [3.05, 3.63) is 21.3 Å². The summed E-state index contributed by atoms with van der Waals surface area (Å²) < 4.78 is 7.18. The second-order valence-electron chi connectivity index (χ2n) is 5.94. The van der Waals surface area contributed by atoms with Crippen molar-refractivity contribution in [3.63, 3.8) is 0 Å². The fourth-order valence-electron chi connectivity index (χ4n) is 3.40. The summed E-state index contributed by atoms with van der Waals surface area (Å²) in [4.78, 5) is 1.30. The van der Waals surface area contributed by atoms with Gasteiger partial charge in [0.15, 0.2) is 0 Å². The van der Waals surface area contributed by atoms with E-state index in [0.29, 0.717) is 12.1 Å². The van der Waals surface area contributed by atoms with Crippen LogP contribution in [0.4, 0.5) is 0 Å². The highest BCUT2D eigenvalue weighted by atomic mass is 35.5. The molecule has 1 aromatic rings. The van der Waals surface area contributed by atoms with Crippen molar-refractivity contribution < 1.29 is 4.74 Å². The number of hydrogen-bond donors (Lipinski definition) is 1. The van der Waals surface area contributed by atoms with E-state index in [9.17, 15) is 0 Å². The Hall–Kier alpha value is -0.0900. The summed E-state index contributed by atoms with van der Waals surface area (Å²) in [7, 11) is 0. The van der Waals surface area contributed by atoms with E-state index in [1.54, 1.807) is 11.3 Å². The molecule has 0 radical (unpaired) electrons. The fraction of sp³-hybridized carbons (Fsp3) is 0.733. The van der Waals surface area contributed by atoms with Crippen LogP contribution in [0, 0.1) is 0 Å². The summed E-state index contributed by atoms with van der Waals surface area (Å²) in [5, 5.41) is 3.59. The molecule has 0 aromatic carbocycles. The lowest BCUT2D eigenvalue weighted by atomic mass is 9.98. The first kappa shape index (κ1) is 13.9. The zero-order valence-electron chi connectivity index (χ0n) is 11.5. The average Bonchev–Trinajstić information content (AvgIpc) is 3.10. The monoisotopic (exact) mass is 299 g/mol. The number of hydrogen-bond acceptors (Lipinski definition) is 3. The molecule has 2 atom stereocenters. The molecule has 2 aliphatic rings. The van der Waals surface area contributed by atoms with Gasteiger partial charge in [-0.05, 0) is 44.7 Å². The zero-order valence-corrected chi connectivity index (χ0v) is 13.0. The number of thiophene rings is 1. The second-order valence-corrected chi connectivity index (χ2v) is 7.69. The van der Waals surface area contributed by atoms with Crippen LogP contribution < -0.4 is 5.32 Å². The number of nitrogens with one attached hydrogen (secondary N) is 1. The maximum atomic E-state index is 6.32. The SMILES string of the molecule is CC(NCC1CCC2(CCCC2)O1)c1ccc(Cl)s1. The van der Waals surface area contributed by atoms with Crippen LogP contribution in [-0.4, -0.2) is 18.2 Å². The van der Waals surface area contributed by atoms with Crippen LogP contribution in [0.1, 0.15) is 56.4 Å². The second kappa shape index (κ2) is 5.72. The van der Waals surface area contributed by atoms with E-state index in [4.69, 9.17) is 16.3 Å². The molecule has 1 saturated carbocycles. The molecule has 19 heavy (non-hydrogen) atoms. The van der Waals surface area contributed by atoms with Crippen molar-refractivity contribution in [2.75, 3.05) is 6.54 Å².